The lowest BCUT2D eigenvalue weighted by atomic mass is 9.76. The number of aryl methyl sites for hydroxylation is 3. The molecule has 0 aliphatic heterocycles. The van der Waals surface area contributed by atoms with Crippen LogP contribution in [0.4, 0.5) is 0 Å². The quantitative estimate of drug-likeness (QED) is 0.0343. The molecule has 0 unspecified atom stereocenters. The summed E-state index contributed by atoms with van der Waals surface area (Å²) in [6.07, 6.45) is 2.17. The van der Waals surface area contributed by atoms with Gasteiger partial charge in [-0.25, -0.2) is 0 Å². The number of benzene rings is 7. The lowest BCUT2D eigenvalue weighted by Gasteiger charge is -2.32. The summed E-state index contributed by atoms with van der Waals surface area (Å²) in [4.78, 5) is 53.1. The largest absolute Gasteiger partial charge is 0.507 e. The van der Waals surface area contributed by atoms with Crippen molar-refractivity contribution in [3.05, 3.63) is 206 Å². The van der Waals surface area contributed by atoms with E-state index in [1.165, 1.54) is 0 Å². The van der Waals surface area contributed by atoms with E-state index < -0.39 is 82.7 Å². The molecule has 7 rings (SSSR count). The van der Waals surface area contributed by atoms with E-state index in [0.29, 0.717) is 36.0 Å². The zero-order valence-corrected chi connectivity index (χ0v) is 79.3. The Labute approximate surface area is 707 Å². The predicted molar refractivity (Wildman–Crippen MR) is 490 cm³/mol. The first-order chi connectivity index (χ1) is 52.8. The van der Waals surface area contributed by atoms with Gasteiger partial charge in [-0.2, -0.15) is 0 Å². The molecule has 0 fully saturated rings. The number of hydrogen-bond donors (Lipinski definition) is 8. The van der Waals surface area contributed by atoms with Crippen LogP contribution < -0.4 is 11.1 Å². The third-order valence-corrected chi connectivity index (χ3v) is 23.5. The molecule has 7 aromatic rings. The first kappa shape index (κ1) is 95.9. The van der Waals surface area contributed by atoms with Gasteiger partial charge in [-0.05, 0) is 240 Å². The van der Waals surface area contributed by atoms with Crippen molar-refractivity contribution in [1.82, 2.24) is 10.2 Å². The molecule has 7 aromatic carbocycles. The molecular weight excluding hydrogens is 1450 g/mol. The normalized spacial score (nSPS) is 13.4. The van der Waals surface area contributed by atoms with Crippen molar-refractivity contribution in [1.29, 1.82) is 0 Å². The van der Waals surface area contributed by atoms with Crippen LogP contribution in [0, 0.1) is 0 Å². The maximum atomic E-state index is 18.1. The molecule has 0 atom stereocenters. The van der Waals surface area contributed by atoms with Gasteiger partial charge in [0.05, 0.1) is 0 Å². The number of nitrogens with zero attached hydrogens (tertiary/aromatic N) is 1. The van der Waals surface area contributed by atoms with Crippen molar-refractivity contribution >= 4 is 17.7 Å². The van der Waals surface area contributed by atoms with Crippen molar-refractivity contribution in [2.24, 2.45) is 5.73 Å². The maximum absolute atomic E-state index is 18.1. The Balaban J connectivity index is 1.75. The first-order valence-corrected chi connectivity index (χ1v) is 43.1. The zero-order chi connectivity index (χ0) is 89.3. The molecule has 12 heteroatoms. The first-order valence-electron chi connectivity index (χ1n) is 43.1. The maximum Gasteiger partial charge on any atom is 0.254 e. The number of amides is 3. The van der Waals surface area contributed by atoms with Crippen molar-refractivity contribution in [3.63, 3.8) is 0 Å². The molecule has 9 N–H and O–H groups in total. The fraction of sp³-hybridized carbons (Fsp3) is 0.571. The Morgan fingerprint density at radius 2 is 0.427 bits per heavy atom. The molecule has 0 saturated carbocycles. The van der Waals surface area contributed by atoms with E-state index in [0.717, 1.165) is 100 Å². The minimum atomic E-state index is -0.812. The minimum absolute atomic E-state index is 0.0770. The molecule has 0 aromatic heterocycles. The van der Waals surface area contributed by atoms with E-state index in [1.54, 1.807) is 0 Å². The van der Waals surface area contributed by atoms with Gasteiger partial charge in [0, 0.05) is 36.3 Å². The monoisotopic (exact) mass is 1600 g/mol. The van der Waals surface area contributed by atoms with Crippen molar-refractivity contribution in [2.45, 2.75) is 372 Å². The lowest BCUT2D eigenvalue weighted by Crippen LogP contribution is -2.38. The Hall–Kier alpha value is -8.25. The number of nitrogens with two attached hydrogens (primary N) is 1. The summed E-state index contributed by atoms with van der Waals surface area (Å²) in [7, 11) is 0. The third kappa shape index (κ3) is 22.6. The minimum Gasteiger partial charge on any atom is -0.507 e. The van der Waals surface area contributed by atoms with E-state index in [2.05, 4.69) is 303 Å². The van der Waals surface area contributed by atoms with Crippen LogP contribution in [0.3, 0.4) is 0 Å². The average molecular weight is 1600 g/mol. The number of nitrogens with one attached hydrogen (secondary N) is 1. The summed E-state index contributed by atoms with van der Waals surface area (Å²) in [6.45, 7) is 75.5. The Morgan fingerprint density at radius 1 is 0.256 bits per heavy atom. The number of carbonyl (C=O) groups is 3. The Bertz CT molecular complexity index is 4560. The number of hydrogen-bond acceptors (Lipinski definition) is 9. The second-order valence-corrected chi connectivity index (χ2v) is 46.5. The van der Waals surface area contributed by atoms with Crippen LogP contribution in [-0.4, -0.2) is 72.9 Å². The van der Waals surface area contributed by atoms with Crippen LogP contribution >= 0.6 is 0 Å². The van der Waals surface area contributed by atoms with E-state index in [4.69, 9.17) is 5.73 Å². The topological polar surface area (TPSA) is 214 Å². The molecule has 642 valence electrons. The summed E-state index contributed by atoms with van der Waals surface area (Å²) in [5, 5.41) is 76.9. The van der Waals surface area contributed by atoms with E-state index in [-0.39, 0.29) is 109 Å². The number of phenols is 6. The van der Waals surface area contributed by atoms with Gasteiger partial charge in [0.15, 0.2) is 0 Å². The van der Waals surface area contributed by atoms with Gasteiger partial charge in [-0.3, -0.25) is 14.4 Å². The molecular formula is C105H153N3O9. The lowest BCUT2D eigenvalue weighted by molar-refractivity contribution is 0.0756. The van der Waals surface area contributed by atoms with Crippen LogP contribution in [0.25, 0.3) is 0 Å². The second-order valence-electron chi connectivity index (χ2n) is 46.5. The van der Waals surface area contributed by atoms with Crippen LogP contribution in [0.1, 0.15) is 397 Å². The smallest absolute Gasteiger partial charge is 0.254 e. The molecule has 0 bridgehead atoms. The summed E-state index contributed by atoms with van der Waals surface area (Å²) in [6, 6.07) is 24.6. The number of aromatic hydroxyl groups is 6. The highest BCUT2D eigenvalue weighted by molar-refractivity contribution is 6.10. The fourth-order valence-electron chi connectivity index (χ4n) is 16.6. The van der Waals surface area contributed by atoms with Crippen LogP contribution in [-0.2, 0) is 123 Å². The van der Waals surface area contributed by atoms with Gasteiger partial charge in [0.25, 0.3) is 11.8 Å². The van der Waals surface area contributed by atoms with E-state index in [9.17, 15) is 30.6 Å². The molecule has 0 aliphatic rings. The number of phenolic OH excluding ortho intramolecular Hbond substituents is 6. The van der Waals surface area contributed by atoms with E-state index >= 15 is 14.4 Å². The van der Waals surface area contributed by atoms with Crippen molar-refractivity contribution in [2.75, 3.05) is 19.6 Å². The van der Waals surface area contributed by atoms with Crippen LogP contribution in [0.2, 0.25) is 0 Å². The second kappa shape index (κ2) is 33.7. The number of primary amides is 1. The van der Waals surface area contributed by atoms with Gasteiger partial charge in [-0.1, -0.05) is 322 Å². The molecule has 0 radical (unpaired) electrons. The highest BCUT2D eigenvalue weighted by Gasteiger charge is 2.39. The van der Waals surface area contributed by atoms with Crippen molar-refractivity contribution < 1.29 is 45.0 Å². The zero-order valence-electron chi connectivity index (χ0n) is 79.3. The van der Waals surface area contributed by atoms with Gasteiger partial charge >= 0.3 is 0 Å². The number of carbonyl (C=O) groups excluding carboxylic acids is 3. The van der Waals surface area contributed by atoms with Gasteiger partial charge in [-0.15, -0.1) is 0 Å². The highest BCUT2D eigenvalue weighted by Crippen LogP contribution is 2.48. The molecule has 3 amide bonds. The molecule has 0 heterocycles. The van der Waals surface area contributed by atoms with E-state index in [1.807, 2.05) is 29.2 Å². The molecule has 117 heavy (non-hydrogen) atoms. The van der Waals surface area contributed by atoms with Gasteiger partial charge in [0.2, 0.25) is 5.91 Å². The Kier molecular flexibility index (Phi) is 27.7. The van der Waals surface area contributed by atoms with Gasteiger partial charge < -0.3 is 46.6 Å². The summed E-state index contributed by atoms with van der Waals surface area (Å²) < 4.78 is 0. The third-order valence-electron chi connectivity index (χ3n) is 23.5. The summed E-state index contributed by atoms with van der Waals surface area (Å²) in [5.41, 5.74) is 17.6. The molecule has 0 aliphatic carbocycles. The molecule has 0 saturated heterocycles. The van der Waals surface area contributed by atoms with Crippen LogP contribution in [0.5, 0.6) is 34.5 Å². The SMILES string of the molecule is CC(C)(C)c1cc(CCNC(=O)c2c(CCc3cc(C(C)(C)C)c(O)c(C(C)(C)C)c3)c(C(N)=O)c(CCc3cc(C(C)(C)C)c(O)c(C(C)(C)C)c3)c(C(=O)N(CCc3cc(C(C)(C)C)c(O)c(C(C)(C)C)c3)CCc3cc(C(C)(C)C)c(O)c(C(C)(C)C)c3)c2CCc2cc(C(C)(C)C)c(O)c(C(C)(C)C)c2)cc(C(C)(C)C)c1O. The average Bonchev–Trinajstić information content (AvgIpc) is 0.739. The standard InChI is InChI=1S/C105H153N3O9/c1-94(2,3)70-49-61(50-71(85(70)109)95(4,5)6)37-40-67-82(91(106)115)68(41-38-62-51-72(96(7,8)9)86(110)73(52-62)97(10,11)12)84(93(117)108(47-44-65-57-78(102(25,26)27)89(113)79(58-65)103(28,29)30)48-45-66-59-80(104(31,32)33)90(114)81(60-66)105(34,35)36)69(42-39-63-53-74(98(13,14)15)87(111)75(54-63)99(16,17)18)83(67)92(116)107-46-43-64-55-76(100(19,20)21)88(112)77(56-64)101(22,23)24/h49-60,109-114H,37-48H2,1-36H3,(H2,106,115)(H,107,116). The summed E-state index contributed by atoms with van der Waals surface area (Å²) in [5.74, 6) is -0.367. The molecule has 0 spiro atoms. The van der Waals surface area contributed by atoms with Crippen molar-refractivity contribution in [3.8, 4) is 34.5 Å². The fourth-order valence-corrected chi connectivity index (χ4v) is 16.6. The van der Waals surface area contributed by atoms with Gasteiger partial charge in [0.1, 0.15) is 34.5 Å². The molecule has 12 nitrogen and oxygen atoms in total. The summed E-state index contributed by atoms with van der Waals surface area (Å²) >= 11 is 0. The highest BCUT2D eigenvalue weighted by atomic mass is 16.3. The number of rotatable bonds is 21. The predicted octanol–water partition coefficient (Wildman–Crippen LogP) is 23.8. The van der Waals surface area contributed by atoms with Crippen LogP contribution in [0.15, 0.2) is 72.8 Å². The Morgan fingerprint density at radius 3 is 0.615 bits per heavy atom.